The molecule has 264 valence electrons. The minimum atomic E-state index is -0.533. The monoisotopic (exact) mass is 693 g/mol. The van der Waals surface area contributed by atoms with Gasteiger partial charge < -0.3 is 14.6 Å². The van der Waals surface area contributed by atoms with E-state index in [0.29, 0.717) is 11.1 Å². The van der Waals surface area contributed by atoms with Gasteiger partial charge in [0.25, 0.3) is 11.8 Å². The Morgan fingerprint density at radius 3 is 1.90 bits per heavy atom. The fraction of sp³-hybridized carbons (Fsp3) is 0.273. The van der Waals surface area contributed by atoms with E-state index in [-0.39, 0.29) is 37.2 Å². The van der Waals surface area contributed by atoms with Gasteiger partial charge in [-0.15, -0.1) is 0 Å². The van der Waals surface area contributed by atoms with Crippen molar-refractivity contribution in [1.29, 1.82) is 0 Å². The van der Waals surface area contributed by atoms with Crippen LogP contribution in [0, 0.1) is 0 Å². The predicted octanol–water partition coefficient (Wildman–Crippen LogP) is 7.01. The number of carbonyl (C=O) groups is 2. The second-order valence-corrected chi connectivity index (χ2v) is 14.0. The van der Waals surface area contributed by atoms with Crippen molar-refractivity contribution in [3.8, 4) is 11.1 Å². The number of rotatable bonds is 10. The fourth-order valence-electron chi connectivity index (χ4n) is 7.54. The average molecular weight is 694 g/mol. The molecule has 1 N–H and O–H groups in total. The zero-order valence-corrected chi connectivity index (χ0v) is 29.1. The van der Waals surface area contributed by atoms with Gasteiger partial charge in [-0.1, -0.05) is 109 Å². The summed E-state index contributed by atoms with van der Waals surface area (Å²) in [6.07, 6.45) is 0.0571. The first-order chi connectivity index (χ1) is 25.5. The number of aliphatic hydroxyl groups excluding tert-OH is 1. The Kier molecular flexibility index (Phi) is 10.1. The first kappa shape index (κ1) is 34.1. The van der Waals surface area contributed by atoms with Crippen molar-refractivity contribution >= 4 is 11.8 Å². The quantitative estimate of drug-likeness (QED) is 0.158. The van der Waals surface area contributed by atoms with Crippen LogP contribution in [0.5, 0.6) is 0 Å². The lowest BCUT2D eigenvalue weighted by Crippen LogP contribution is -2.49. The van der Waals surface area contributed by atoms with E-state index in [9.17, 15) is 14.7 Å². The minimum Gasteiger partial charge on any atom is -0.392 e. The summed E-state index contributed by atoms with van der Waals surface area (Å²) in [5.74, 6) is -0.511. The molecular weight excluding hydrogens is 651 g/mol. The van der Waals surface area contributed by atoms with E-state index < -0.39 is 6.29 Å². The van der Waals surface area contributed by atoms with Crippen LogP contribution in [0.2, 0.25) is 0 Å². The molecular formula is C44H43N3O5. The molecule has 8 rings (SSSR count). The van der Waals surface area contributed by atoms with Gasteiger partial charge in [0.2, 0.25) is 0 Å². The number of amides is 2. The minimum absolute atomic E-state index is 0.00837. The summed E-state index contributed by atoms with van der Waals surface area (Å²) >= 11 is 0. The zero-order valence-electron chi connectivity index (χ0n) is 29.1. The number of benzene rings is 5. The standard InChI is InChI=1S/C44H43N3O5/c48-30-32-13-15-35(16-14-32)41-26-38(29-46-23-21-45(22-24-46)27-31-7-2-1-3-8-31)51-44(52-41)36-19-17-34(18-20-36)37-10-6-9-33(25-37)28-47-42(49)39-11-4-5-12-40(39)43(47)50/h1-20,25,38,41,44,48H,21-24,26-30H2. The molecule has 3 aliphatic rings. The van der Waals surface area contributed by atoms with Crippen LogP contribution in [0.4, 0.5) is 0 Å². The van der Waals surface area contributed by atoms with E-state index in [4.69, 9.17) is 9.47 Å². The normalized spacial score (nSPS) is 21.0. The van der Waals surface area contributed by atoms with Gasteiger partial charge in [-0.25, -0.2) is 0 Å². The van der Waals surface area contributed by atoms with Gasteiger partial charge >= 0.3 is 0 Å². The molecule has 0 spiro atoms. The van der Waals surface area contributed by atoms with Gasteiger partial charge in [0.05, 0.1) is 36.5 Å². The number of hydrogen-bond donors (Lipinski definition) is 1. The molecule has 0 bridgehead atoms. The van der Waals surface area contributed by atoms with E-state index in [1.165, 1.54) is 10.5 Å². The smallest absolute Gasteiger partial charge is 0.261 e. The highest BCUT2D eigenvalue weighted by Gasteiger charge is 2.36. The third kappa shape index (κ3) is 7.48. The maximum atomic E-state index is 13.0. The third-order valence-electron chi connectivity index (χ3n) is 10.5. The molecule has 0 aromatic heterocycles. The molecule has 3 unspecified atom stereocenters. The molecule has 8 nitrogen and oxygen atoms in total. The van der Waals surface area contributed by atoms with Gasteiger partial charge in [0.15, 0.2) is 6.29 Å². The Morgan fingerprint density at radius 1 is 0.577 bits per heavy atom. The Balaban J connectivity index is 0.952. The number of piperazine rings is 1. The molecule has 2 amide bonds. The van der Waals surface area contributed by atoms with E-state index in [1.807, 2.05) is 36.4 Å². The van der Waals surface area contributed by atoms with E-state index in [1.54, 1.807) is 24.3 Å². The van der Waals surface area contributed by atoms with Crippen LogP contribution in [-0.4, -0.2) is 70.4 Å². The molecule has 5 aromatic carbocycles. The zero-order chi connectivity index (χ0) is 35.4. The number of carbonyl (C=O) groups excluding carboxylic acids is 2. The SMILES string of the molecule is O=C1c2ccccc2C(=O)N1Cc1cccc(-c2ccc(C3OC(CN4CCN(Cc5ccccc5)CC4)CC(c4ccc(CO)cc4)O3)cc2)c1. The highest BCUT2D eigenvalue weighted by Crippen LogP contribution is 2.39. The second-order valence-electron chi connectivity index (χ2n) is 14.0. The summed E-state index contributed by atoms with van der Waals surface area (Å²) in [6, 6.07) is 41.9. The van der Waals surface area contributed by atoms with Gasteiger partial charge in [0.1, 0.15) is 0 Å². The van der Waals surface area contributed by atoms with Crippen molar-refractivity contribution in [2.24, 2.45) is 0 Å². The molecule has 52 heavy (non-hydrogen) atoms. The highest BCUT2D eigenvalue weighted by atomic mass is 16.7. The Hall–Kier alpha value is -4.96. The highest BCUT2D eigenvalue weighted by molar-refractivity contribution is 6.21. The topological polar surface area (TPSA) is 82.6 Å². The summed E-state index contributed by atoms with van der Waals surface area (Å²) in [5, 5.41) is 9.60. The summed E-state index contributed by atoms with van der Waals surface area (Å²) in [6.45, 7) is 6.07. The van der Waals surface area contributed by atoms with Crippen LogP contribution in [-0.2, 0) is 29.2 Å². The third-order valence-corrected chi connectivity index (χ3v) is 10.5. The Morgan fingerprint density at radius 2 is 1.21 bits per heavy atom. The lowest BCUT2D eigenvalue weighted by Gasteiger charge is -2.40. The lowest BCUT2D eigenvalue weighted by molar-refractivity contribution is -0.253. The summed E-state index contributed by atoms with van der Waals surface area (Å²) in [4.78, 5) is 32.3. The van der Waals surface area contributed by atoms with Crippen LogP contribution >= 0.6 is 0 Å². The molecule has 2 fully saturated rings. The van der Waals surface area contributed by atoms with Crippen molar-refractivity contribution in [2.75, 3.05) is 32.7 Å². The summed E-state index contributed by atoms with van der Waals surface area (Å²) in [5.41, 5.74) is 8.06. The molecule has 0 saturated carbocycles. The maximum Gasteiger partial charge on any atom is 0.261 e. The van der Waals surface area contributed by atoms with E-state index in [0.717, 1.165) is 79.1 Å². The molecule has 3 atom stereocenters. The molecule has 2 saturated heterocycles. The number of ether oxygens (including phenoxy) is 2. The van der Waals surface area contributed by atoms with Gasteiger partial charge in [-0.05, 0) is 51.6 Å². The first-order valence-corrected chi connectivity index (χ1v) is 18.1. The number of hydrogen-bond acceptors (Lipinski definition) is 7. The van der Waals surface area contributed by atoms with Gasteiger partial charge in [-0.2, -0.15) is 0 Å². The maximum absolute atomic E-state index is 13.0. The largest absolute Gasteiger partial charge is 0.392 e. The van der Waals surface area contributed by atoms with E-state index in [2.05, 4.69) is 76.5 Å². The van der Waals surface area contributed by atoms with Crippen LogP contribution in [0.15, 0.2) is 127 Å². The number of imide groups is 1. The number of aliphatic hydroxyl groups is 1. The molecule has 8 heteroatoms. The molecule has 3 aliphatic heterocycles. The van der Waals surface area contributed by atoms with Crippen LogP contribution in [0.1, 0.15) is 67.3 Å². The number of fused-ring (bicyclic) bond motifs is 1. The molecule has 5 aromatic rings. The van der Waals surface area contributed by atoms with Crippen molar-refractivity contribution in [2.45, 2.75) is 44.6 Å². The lowest BCUT2D eigenvalue weighted by atomic mass is 9.98. The van der Waals surface area contributed by atoms with Crippen molar-refractivity contribution < 1.29 is 24.2 Å². The van der Waals surface area contributed by atoms with Gasteiger partial charge in [0, 0.05) is 51.3 Å². The average Bonchev–Trinajstić information content (AvgIpc) is 3.44. The molecule has 3 heterocycles. The van der Waals surface area contributed by atoms with Crippen LogP contribution < -0.4 is 0 Å². The van der Waals surface area contributed by atoms with Crippen molar-refractivity contribution in [1.82, 2.24) is 14.7 Å². The van der Waals surface area contributed by atoms with Crippen LogP contribution in [0.25, 0.3) is 11.1 Å². The fourth-order valence-corrected chi connectivity index (χ4v) is 7.54. The Labute approximate surface area is 304 Å². The van der Waals surface area contributed by atoms with Crippen LogP contribution in [0.3, 0.4) is 0 Å². The van der Waals surface area contributed by atoms with Crippen molar-refractivity contribution in [3.63, 3.8) is 0 Å². The predicted molar refractivity (Wildman–Crippen MR) is 199 cm³/mol. The summed E-state index contributed by atoms with van der Waals surface area (Å²) in [7, 11) is 0. The summed E-state index contributed by atoms with van der Waals surface area (Å²) < 4.78 is 13.3. The molecule has 0 aliphatic carbocycles. The van der Waals surface area contributed by atoms with Crippen molar-refractivity contribution in [3.05, 3.63) is 166 Å². The molecule has 0 radical (unpaired) electrons. The number of nitrogens with zero attached hydrogens (tertiary/aromatic N) is 3. The second kappa shape index (κ2) is 15.3. The first-order valence-electron chi connectivity index (χ1n) is 18.1. The van der Waals surface area contributed by atoms with Gasteiger partial charge in [-0.3, -0.25) is 24.3 Å². The Bertz CT molecular complexity index is 1970. The van der Waals surface area contributed by atoms with E-state index >= 15 is 0 Å².